The topological polar surface area (TPSA) is 17.1 Å². The highest BCUT2D eigenvalue weighted by molar-refractivity contribution is 14.1. The third-order valence-corrected chi connectivity index (χ3v) is 3.69. The second kappa shape index (κ2) is 3.67. The van der Waals surface area contributed by atoms with Gasteiger partial charge in [0.15, 0.2) is 0 Å². The number of halogens is 6. The Balaban J connectivity index is 3.18. The quantitative estimate of drug-likeness (QED) is 0.381. The molecule has 1 aromatic rings. The molecule has 0 fully saturated rings. The van der Waals surface area contributed by atoms with Crippen LogP contribution in [0.4, 0.5) is 19.4 Å². The number of hydrogen-bond donors (Lipinski definition) is 0. The van der Waals surface area contributed by atoms with Crippen molar-refractivity contribution in [1.82, 2.24) is 0 Å². The van der Waals surface area contributed by atoms with Crippen molar-refractivity contribution in [2.75, 3.05) is 0 Å². The Morgan fingerprint density at radius 1 is 1.06 bits per heavy atom. The van der Waals surface area contributed by atoms with Crippen LogP contribution in [0, 0.1) is 0 Å². The normalized spacial score (nSPS) is 17.2. The number of rotatable bonds is 3. The number of benzene rings is 1. The Labute approximate surface area is 108 Å². The molecule has 0 bridgehead atoms. The number of carbonyl (C=O) groups excluding carboxylic acids is 1. The minimum atomic E-state index is -9.56. The summed E-state index contributed by atoms with van der Waals surface area (Å²) in [6, 6.07) is 4.84. The van der Waals surface area contributed by atoms with Crippen molar-refractivity contribution >= 4 is 42.7 Å². The molecule has 0 aliphatic heterocycles. The zero-order chi connectivity index (χ0) is 13.4. The standard InChI is InChI=1S/C9H6F5IOS/c10-17(11,12,13,14)6-9(15)8-3-1-7(5-16)2-4-8/h1-6H/b9-6+. The van der Waals surface area contributed by atoms with E-state index in [-0.39, 0.29) is 11.1 Å². The lowest BCUT2D eigenvalue weighted by atomic mass is 10.1. The van der Waals surface area contributed by atoms with Crippen molar-refractivity contribution in [2.45, 2.75) is 0 Å². The lowest BCUT2D eigenvalue weighted by molar-refractivity contribution is 0.112. The molecule has 0 saturated heterocycles. The summed E-state index contributed by atoms with van der Waals surface area (Å²) < 4.78 is 60.2. The molecule has 17 heavy (non-hydrogen) atoms. The molecule has 0 aromatic heterocycles. The maximum atomic E-state index is 12.2. The highest BCUT2D eigenvalue weighted by Gasteiger charge is 2.61. The van der Waals surface area contributed by atoms with Crippen LogP contribution < -0.4 is 0 Å². The van der Waals surface area contributed by atoms with E-state index in [1.165, 1.54) is 46.9 Å². The van der Waals surface area contributed by atoms with Gasteiger partial charge in [-0.15, -0.1) is 0 Å². The van der Waals surface area contributed by atoms with E-state index >= 15 is 0 Å². The second-order valence-electron chi connectivity index (χ2n) is 3.23. The van der Waals surface area contributed by atoms with Crippen molar-refractivity contribution in [3.05, 3.63) is 40.8 Å². The second-order valence-corrected chi connectivity index (χ2v) is 6.69. The largest absolute Gasteiger partial charge is 0.305 e. The van der Waals surface area contributed by atoms with Crippen molar-refractivity contribution in [3.8, 4) is 0 Å². The predicted octanol–water partition coefficient (Wildman–Crippen LogP) is 5.53. The maximum Gasteiger partial charge on any atom is 0.305 e. The fourth-order valence-electron chi connectivity index (χ4n) is 0.984. The van der Waals surface area contributed by atoms with Gasteiger partial charge in [-0.25, -0.2) is 0 Å². The Bertz CT molecular complexity index is 476. The molecule has 0 unspecified atom stereocenters. The zero-order valence-electron chi connectivity index (χ0n) is 8.05. The summed E-state index contributed by atoms with van der Waals surface area (Å²) in [5.74, 6) is 0. The molecule has 96 valence electrons. The van der Waals surface area contributed by atoms with E-state index in [1.807, 2.05) is 0 Å². The first-order valence-corrected chi connectivity index (χ1v) is 7.17. The first-order valence-electron chi connectivity index (χ1n) is 4.08. The Morgan fingerprint density at radius 3 is 1.88 bits per heavy atom. The Hall–Kier alpha value is -0.640. The zero-order valence-corrected chi connectivity index (χ0v) is 11.0. The molecular weight excluding hydrogens is 378 g/mol. The average Bonchev–Trinajstić information content (AvgIpc) is 2.13. The van der Waals surface area contributed by atoms with Gasteiger partial charge in [-0.3, -0.25) is 4.79 Å². The number of aldehydes is 1. The molecule has 0 aliphatic carbocycles. The van der Waals surface area contributed by atoms with Crippen molar-refractivity contribution < 1.29 is 24.2 Å². The van der Waals surface area contributed by atoms with Gasteiger partial charge >= 0.3 is 10.2 Å². The van der Waals surface area contributed by atoms with Crippen molar-refractivity contribution in [3.63, 3.8) is 0 Å². The van der Waals surface area contributed by atoms with Gasteiger partial charge in [-0.1, -0.05) is 43.7 Å². The molecule has 0 radical (unpaired) electrons. The molecule has 0 saturated carbocycles. The summed E-state index contributed by atoms with van der Waals surface area (Å²) in [5.41, 5.74) is 0.231. The van der Waals surface area contributed by atoms with E-state index in [0.717, 1.165) is 0 Å². The molecule has 8 heteroatoms. The van der Waals surface area contributed by atoms with Gasteiger partial charge in [0.25, 0.3) is 0 Å². The Kier molecular flexibility index (Phi) is 3.12. The third-order valence-electron chi connectivity index (χ3n) is 1.65. The molecule has 0 aliphatic rings. The fraction of sp³-hybridized carbons (Fsp3) is 0. The van der Waals surface area contributed by atoms with Crippen molar-refractivity contribution in [2.24, 2.45) is 0 Å². The molecule has 0 amide bonds. The summed E-state index contributed by atoms with van der Waals surface area (Å²) in [5, 5.41) is -0.948. The molecule has 1 rings (SSSR count). The van der Waals surface area contributed by atoms with Crippen LogP contribution in [0.15, 0.2) is 29.7 Å². The van der Waals surface area contributed by atoms with Gasteiger partial charge in [0.05, 0.1) is 5.41 Å². The van der Waals surface area contributed by atoms with E-state index < -0.39 is 19.2 Å². The van der Waals surface area contributed by atoms with Crippen LogP contribution in [0.1, 0.15) is 15.9 Å². The molecule has 1 aromatic carbocycles. The summed E-state index contributed by atoms with van der Waals surface area (Å²) in [4.78, 5) is 10.3. The maximum absolute atomic E-state index is 12.2. The lowest BCUT2D eigenvalue weighted by Gasteiger charge is -2.37. The molecule has 0 spiro atoms. The van der Waals surface area contributed by atoms with Crippen LogP contribution >= 0.6 is 32.8 Å². The first-order chi connectivity index (χ1) is 7.40. The highest BCUT2D eigenvalue weighted by atomic mass is 127. The number of carbonyl (C=O) groups is 1. The monoisotopic (exact) mass is 384 g/mol. The van der Waals surface area contributed by atoms with E-state index in [9.17, 15) is 24.2 Å². The van der Waals surface area contributed by atoms with Crippen LogP contribution in [0.5, 0.6) is 0 Å². The van der Waals surface area contributed by atoms with Gasteiger partial charge < -0.3 is 0 Å². The highest BCUT2D eigenvalue weighted by Crippen LogP contribution is 2.99. The van der Waals surface area contributed by atoms with E-state index in [4.69, 9.17) is 0 Å². The molecule has 1 nitrogen and oxygen atoms in total. The third kappa shape index (κ3) is 5.48. The molecule has 0 heterocycles. The minimum Gasteiger partial charge on any atom is -0.298 e. The summed E-state index contributed by atoms with van der Waals surface area (Å²) >= 11 is 1.18. The summed E-state index contributed by atoms with van der Waals surface area (Å²) in [6.45, 7) is 0. The summed E-state index contributed by atoms with van der Waals surface area (Å²) in [6.07, 6.45) is 0.505. The smallest absolute Gasteiger partial charge is 0.298 e. The number of hydrogen-bond acceptors (Lipinski definition) is 1. The SMILES string of the molecule is O=Cc1ccc(/C(I)=C\S(F)(F)(F)(F)F)cc1. The molecule has 0 atom stereocenters. The molecule has 0 N–H and O–H groups in total. The van der Waals surface area contributed by atoms with E-state index in [0.29, 0.717) is 6.29 Å². The van der Waals surface area contributed by atoms with E-state index in [1.54, 1.807) is 0 Å². The van der Waals surface area contributed by atoms with Crippen molar-refractivity contribution in [1.29, 1.82) is 0 Å². The molecular formula is C9H6F5IOS. The van der Waals surface area contributed by atoms with Crippen LogP contribution in [0.25, 0.3) is 3.58 Å². The van der Waals surface area contributed by atoms with Crippen LogP contribution in [-0.2, 0) is 0 Å². The minimum absolute atomic E-state index is 0.0237. The first kappa shape index (κ1) is 14.4. The van der Waals surface area contributed by atoms with Crippen LogP contribution in [0.3, 0.4) is 0 Å². The van der Waals surface area contributed by atoms with E-state index in [2.05, 4.69) is 0 Å². The van der Waals surface area contributed by atoms with Gasteiger partial charge in [-0.05, 0) is 28.2 Å². The average molecular weight is 384 g/mol. The predicted molar refractivity (Wildman–Crippen MR) is 67.0 cm³/mol. The fourth-order valence-corrected chi connectivity index (χ4v) is 3.31. The van der Waals surface area contributed by atoms with Gasteiger partial charge in [0.1, 0.15) is 6.29 Å². The lowest BCUT2D eigenvalue weighted by Crippen LogP contribution is -2.00. The summed E-state index contributed by atoms with van der Waals surface area (Å²) in [7, 11) is -9.56. The van der Waals surface area contributed by atoms with Gasteiger partial charge in [0.2, 0.25) is 0 Å². The Morgan fingerprint density at radius 2 is 1.53 bits per heavy atom. The van der Waals surface area contributed by atoms with Gasteiger partial charge in [0, 0.05) is 9.14 Å². The van der Waals surface area contributed by atoms with Gasteiger partial charge in [-0.2, -0.15) is 0 Å². The van der Waals surface area contributed by atoms with Crippen LogP contribution in [0.2, 0.25) is 0 Å². The van der Waals surface area contributed by atoms with Crippen LogP contribution in [-0.4, -0.2) is 6.29 Å².